The van der Waals surface area contributed by atoms with E-state index in [1.807, 2.05) is 37.3 Å². The Labute approximate surface area is 107 Å². The third-order valence-corrected chi connectivity index (χ3v) is 2.47. The molecule has 0 N–H and O–H groups in total. The molecule has 1 aromatic rings. The first-order valence-electron chi connectivity index (χ1n) is 5.69. The van der Waals surface area contributed by atoms with Crippen LogP contribution >= 0.6 is 0 Å². The van der Waals surface area contributed by atoms with E-state index in [0.29, 0.717) is 6.54 Å². The molecule has 1 amide bonds. The van der Waals surface area contributed by atoms with Gasteiger partial charge in [-0.2, -0.15) is 5.26 Å². The molecule has 0 aliphatic heterocycles. The van der Waals surface area contributed by atoms with Crippen molar-refractivity contribution in [2.24, 2.45) is 0 Å². The van der Waals surface area contributed by atoms with Crippen LogP contribution in [0.5, 0.6) is 5.75 Å². The molecule has 0 aliphatic rings. The smallest absolute Gasteiger partial charge is 0.247 e. The molecule has 0 saturated carbocycles. The van der Waals surface area contributed by atoms with Crippen LogP contribution < -0.4 is 4.74 Å². The Morgan fingerprint density at radius 3 is 2.94 bits per heavy atom. The van der Waals surface area contributed by atoms with Gasteiger partial charge in [-0.05, 0) is 30.7 Å². The van der Waals surface area contributed by atoms with Crippen LogP contribution in [0.4, 0.5) is 0 Å². The number of methoxy groups -OCH3 is 1. The third kappa shape index (κ3) is 3.95. The molecule has 0 unspecified atom stereocenters. The van der Waals surface area contributed by atoms with Crippen molar-refractivity contribution >= 4 is 12.0 Å². The van der Waals surface area contributed by atoms with Crippen LogP contribution in [-0.4, -0.2) is 31.0 Å². The molecular weight excluding hydrogens is 228 g/mol. The van der Waals surface area contributed by atoms with E-state index < -0.39 is 0 Å². The molecule has 1 aromatic carbocycles. The number of nitrogens with zero attached hydrogens (tertiary/aromatic N) is 2. The standard InChI is InChI=1S/C14H16N2O2/c1-3-16(10-9-15)14(17)8-7-12-5-4-6-13(11-12)18-2/h4-8,11H,3,10H2,1-2H3/b8-7+. The lowest BCUT2D eigenvalue weighted by Crippen LogP contribution is -2.29. The maximum Gasteiger partial charge on any atom is 0.247 e. The zero-order valence-corrected chi connectivity index (χ0v) is 10.6. The van der Waals surface area contributed by atoms with Crippen LogP contribution in [0, 0.1) is 11.3 Å². The summed E-state index contributed by atoms with van der Waals surface area (Å²) < 4.78 is 5.10. The highest BCUT2D eigenvalue weighted by atomic mass is 16.5. The van der Waals surface area contributed by atoms with Crippen molar-refractivity contribution in [2.45, 2.75) is 6.92 Å². The number of ether oxygens (including phenoxy) is 1. The molecule has 94 valence electrons. The molecule has 0 fully saturated rings. The number of hydrogen-bond acceptors (Lipinski definition) is 3. The largest absolute Gasteiger partial charge is 0.497 e. The molecule has 0 atom stereocenters. The van der Waals surface area contributed by atoms with Gasteiger partial charge < -0.3 is 9.64 Å². The van der Waals surface area contributed by atoms with Gasteiger partial charge in [0.2, 0.25) is 5.91 Å². The summed E-state index contributed by atoms with van der Waals surface area (Å²) in [6.45, 7) is 2.47. The monoisotopic (exact) mass is 244 g/mol. The zero-order valence-electron chi connectivity index (χ0n) is 10.6. The molecule has 0 spiro atoms. The Morgan fingerprint density at radius 1 is 1.56 bits per heavy atom. The van der Waals surface area contributed by atoms with E-state index in [4.69, 9.17) is 10.00 Å². The number of nitriles is 1. The van der Waals surface area contributed by atoms with Crippen molar-refractivity contribution in [1.29, 1.82) is 5.26 Å². The van der Waals surface area contributed by atoms with Gasteiger partial charge in [0.25, 0.3) is 0 Å². The second-order valence-electron chi connectivity index (χ2n) is 3.62. The van der Waals surface area contributed by atoms with Crippen LogP contribution in [-0.2, 0) is 4.79 Å². The maximum atomic E-state index is 11.7. The zero-order chi connectivity index (χ0) is 13.4. The second-order valence-corrected chi connectivity index (χ2v) is 3.62. The van der Waals surface area contributed by atoms with Crippen LogP contribution in [0.3, 0.4) is 0 Å². The summed E-state index contributed by atoms with van der Waals surface area (Å²) in [7, 11) is 1.60. The summed E-state index contributed by atoms with van der Waals surface area (Å²) in [6.07, 6.45) is 3.18. The van der Waals surface area contributed by atoms with Crippen molar-refractivity contribution < 1.29 is 9.53 Å². The maximum absolute atomic E-state index is 11.7. The summed E-state index contributed by atoms with van der Waals surface area (Å²) in [6, 6.07) is 9.38. The number of carbonyl (C=O) groups is 1. The minimum atomic E-state index is -0.165. The summed E-state index contributed by atoms with van der Waals surface area (Å²) in [5.74, 6) is 0.579. The normalized spacial score (nSPS) is 10.1. The molecule has 0 bridgehead atoms. The molecule has 0 saturated heterocycles. The average molecular weight is 244 g/mol. The molecule has 0 heterocycles. The first-order valence-corrected chi connectivity index (χ1v) is 5.69. The van der Waals surface area contributed by atoms with Gasteiger partial charge in [0.15, 0.2) is 0 Å². The number of benzene rings is 1. The molecular formula is C14H16N2O2. The Balaban J connectivity index is 2.73. The Hall–Kier alpha value is -2.28. The van der Waals surface area contributed by atoms with Gasteiger partial charge in [-0.25, -0.2) is 0 Å². The lowest BCUT2D eigenvalue weighted by Gasteiger charge is -2.14. The predicted octanol–water partition coefficient (Wildman–Crippen LogP) is 2.08. The predicted molar refractivity (Wildman–Crippen MR) is 69.9 cm³/mol. The van der Waals surface area contributed by atoms with Gasteiger partial charge in [-0.3, -0.25) is 4.79 Å². The van der Waals surface area contributed by atoms with E-state index in [2.05, 4.69) is 0 Å². The van der Waals surface area contributed by atoms with E-state index in [1.54, 1.807) is 13.2 Å². The molecule has 1 rings (SSSR count). The molecule has 4 heteroatoms. The Kier molecular flexibility index (Phi) is 5.46. The SMILES string of the molecule is CCN(CC#N)C(=O)/C=C/c1cccc(OC)c1. The van der Waals surface area contributed by atoms with Gasteiger partial charge >= 0.3 is 0 Å². The van der Waals surface area contributed by atoms with Crippen molar-refractivity contribution in [3.05, 3.63) is 35.9 Å². The van der Waals surface area contributed by atoms with Crippen LogP contribution in [0.25, 0.3) is 6.08 Å². The first kappa shape index (κ1) is 13.8. The van der Waals surface area contributed by atoms with Crippen LogP contribution in [0.15, 0.2) is 30.3 Å². The second kappa shape index (κ2) is 7.13. The van der Waals surface area contributed by atoms with Gasteiger partial charge in [0, 0.05) is 12.6 Å². The average Bonchev–Trinajstić information content (AvgIpc) is 2.42. The fourth-order valence-corrected chi connectivity index (χ4v) is 1.45. The van der Waals surface area contributed by atoms with E-state index in [0.717, 1.165) is 11.3 Å². The minimum Gasteiger partial charge on any atom is -0.497 e. The minimum absolute atomic E-state index is 0.109. The van der Waals surface area contributed by atoms with Crippen molar-refractivity contribution in [2.75, 3.05) is 20.2 Å². The Morgan fingerprint density at radius 2 is 2.33 bits per heavy atom. The summed E-state index contributed by atoms with van der Waals surface area (Å²) in [5.41, 5.74) is 0.885. The first-order chi connectivity index (χ1) is 8.71. The van der Waals surface area contributed by atoms with E-state index in [-0.39, 0.29) is 12.5 Å². The highest BCUT2D eigenvalue weighted by molar-refractivity contribution is 5.91. The number of likely N-dealkylation sites (N-methyl/N-ethyl adjacent to an activating group) is 1. The number of amides is 1. The van der Waals surface area contributed by atoms with Crippen molar-refractivity contribution in [3.63, 3.8) is 0 Å². The quantitative estimate of drug-likeness (QED) is 0.588. The summed E-state index contributed by atoms with van der Waals surface area (Å²) in [5, 5.41) is 8.59. The van der Waals surface area contributed by atoms with Gasteiger partial charge in [0.05, 0.1) is 13.2 Å². The van der Waals surface area contributed by atoms with Crippen molar-refractivity contribution in [1.82, 2.24) is 4.90 Å². The third-order valence-electron chi connectivity index (χ3n) is 2.47. The molecule has 18 heavy (non-hydrogen) atoms. The molecule has 0 aliphatic carbocycles. The Bertz CT molecular complexity index is 475. The number of rotatable bonds is 5. The fraction of sp³-hybridized carbons (Fsp3) is 0.286. The molecule has 0 aromatic heterocycles. The topological polar surface area (TPSA) is 53.3 Å². The summed E-state index contributed by atoms with van der Waals surface area (Å²) in [4.78, 5) is 13.2. The highest BCUT2D eigenvalue weighted by Gasteiger charge is 2.06. The highest BCUT2D eigenvalue weighted by Crippen LogP contribution is 2.13. The molecule has 4 nitrogen and oxygen atoms in total. The van der Waals surface area contributed by atoms with E-state index >= 15 is 0 Å². The number of hydrogen-bond donors (Lipinski definition) is 0. The van der Waals surface area contributed by atoms with E-state index in [1.165, 1.54) is 11.0 Å². The van der Waals surface area contributed by atoms with E-state index in [9.17, 15) is 4.79 Å². The molecule has 0 radical (unpaired) electrons. The lowest BCUT2D eigenvalue weighted by atomic mass is 10.2. The van der Waals surface area contributed by atoms with Gasteiger partial charge in [-0.1, -0.05) is 12.1 Å². The van der Waals surface area contributed by atoms with Crippen LogP contribution in [0.1, 0.15) is 12.5 Å². The van der Waals surface area contributed by atoms with Crippen LogP contribution in [0.2, 0.25) is 0 Å². The van der Waals surface area contributed by atoms with Gasteiger partial charge in [-0.15, -0.1) is 0 Å². The lowest BCUT2D eigenvalue weighted by molar-refractivity contribution is -0.125. The van der Waals surface area contributed by atoms with Crippen molar-refractivity contribution in [3.8, 4) is 11.8 Å². The fourth-order valence-electron chi connectivity index (χ4n) is 1.45. The number of carbonyl (C=O) groups excluding carboxylic acids is 1. The summed E-state index contributed by atoms with van der Waals surface area (Å²) >= 11 is 0. The van der Waals surface area contributed by atoms with Gasteiger partial charge in [0.1, 0.15) is 12.3 Å².